The van der Waals surface area contributed by atoms with Crippen LogP contribution in [0.2, 0.25) is 0 Å². The van der Waals surface area contributed by atoms with E-state index in [1.807, 2.05) is 6.92 Å². The summed E-state index contributed by atoms with van der Waals surface area (Å²) in [5.74, 6) is -1.48. The highest BCUT2D eigenvalue weighted by molar-refractivity contribution is 6.04. The number of Topliss-reactive ketones (excluding diaryl/α,β-unsaturated/α-hetero) is 1. The normalized spacial score (nSPS) is 54.8. The molecule has 0 aromatic carbocycles. The van der Waals surface area contributed by atoms with Crippen molar-refractivity contribution in [1.29, 1.82) is 0 Å². The third-order valence-electron chi connectivity index (χ3n) is 8.60. The summed E-state index contributed by atoms with van der Waals surface area (Å²) in [4.78, 5) is 25.2. The molecule has 5 heteroatoms. The Bertz CT molecular complexity index is 686. The van der Waals surface area contributed by atoms with Gasteiger partial charge in [0.1, 0.15) is 0 Å². The molecule has 0 aromatic rings. The van der Waals surface area contributed by atoms with Gasteiger partial charge in [0.15, 0.2) is 5.78 Å². The zero-order chi connectivity index (χ0) is 18.4. The molecule has 4 aliphatic carbocycles. The quantitative estimate of drug-likeness (QED) is 0.632. The summed E-state index contributed by atoms with van der Waals surface area (Å²) in [5.41, 5.74) is -3.55. The molecule has 4 saturated carbocycles. The van der Waals surface area contributed by atoms with Gasteiger partial charge in [-0.1, -0.05) is 19.9 Å². The number of rotatable bonds is 1. The predicted molar refractivity (Wildman–Crippen MR) is 90.7 cm³/mol. The second kappa shape index (κ2) is 4.74. The van der Waals surface area contributed by atoms with E-state index in [0.717, 1.165) is 0 Å². The molecule has 0 saturated heterocycles. The minimum Gasteiger partial charge on any atom is -0.481 e. The highest BCUT2D eigenvalue weighted by atomic mass is 16.4. The molecule has 0 aliphatic heterocycles. The Morgan fingerprint density at radius 1 is 1.20 bits per heavy atom. The number of fused-ring (bicyclic) bond motifs is 3. The lowest BCUT2D eigenvalue weighted by atomic mass is 9.38. The van der Waals surface area contributed by atoms with E-state index in [1.54, 1.807) is 6.92 Å². The molecular formula is C20H28O5. The Labute approximate surface area is 148 Å². The van der Waals surface area contributed by atoms with E-state index in [-0.39, 0.29) is 18.1 Å². The van der Waals surface area contributed by atoms with Crippen molar-refractivity contribution >= 4 is 11.8 Å². The summed E-state index contributed by atoms with van der Waals surface area (Å²) in [6, 6.07) is 0. The smallest absolute Gasteiger partial charge is 0.309 e. The SMILES string of the molecule is C=C1C(=O)[C@@]23C[C@H]1CC[C@]2(O)[C@@]1(C)CCC[C@](C)(C(=O)O)[C@@H]1[C@@H](O)C3. The average Bonchev–Trinajstić information content (AvgIpc) is 2.73. The fraction of sp³-hybridized carbons (Fsp3) is 0.800. The van der Waals surface area contributed by atoms with E-state index in [0.29, 0.717) is 44.1 Å². The van der Waals surface area contributed by atoms with Crippen LogP contribution in [-0.2, 0) is 9.59 Å². The number of aliphatic hydroxyl groups excluding tert-OH is 1. The maximum atomic E-state index is 13.1. The second-order valence-corrected chi connectivity index (χ2v) is 9.48. The number of carbonyl (C=O) groups excluding carboxylic acids is 1. The van der Waals surface area contributed by atoms with Crippen LogP contribution in [0.15, 0.2) is 12.2 Å². The van der Waals surface area contributed by atoms with E-state index in [1.165, 1.54) is 0 Å². The van der Waals surface area contributed by atoms with Crippen molar-refractivity contribution in [1.82, 2.24) is 0 Å². The first-order valence-electron chi connectivity index (χ1n) is 9.41. The molecule has 0 amide bonds. The van der Waals surface area contributed by atoms with E-state index in [9.17, 15) is 24.9 Å². The van der Waals surface area contributed by atoms with Crippen LogP contribution in [0.5, 0.6) is 0 Å². The summed E-state index contributed by atoms with van der Waals surface area (Å²) in [5, 5.41) is 32.9. The largest absolute Gasteiger partial charge is 0.481 e. The van der Waals surface area contributed by atoms with Gasteiger partial charge in [0.05, 0.1) is 22.5 Å². The molecule has 138 valence electrons. The van der Waals surface area contributed by atoms with Crippen molar-refractivity contribution in [3.8, 4) is 0 Å². The summed E-state index contributed by atoms with van der Waals surface area (Å²) in [7, 11) is 0. The molecule has 0 radical (unpaired) electrons. The molecule has 5 nitrogen and oxygen atoms in total. The summed E-state index contributed by atoms with van der Waals surface area (Å²) in [6.07, 6.45) is 2.81. The monoisotopic (exact) mass is 348 g/mol. The fourth-order valence-corrected chi connectivity index (χ4v) is 7.43. The zero-order valence-corrected chi connectivity index (χ0v) is 15.0. The van der Waals surface area contributed by atoms with Gasteiger partial charge >= 0.3 is 5.97 Å². The third kappa shape index (κ3) is 1.67. The fourth-order valence-electron chi connectivity index (χ4n) is 7.43. The molecule has 0 aromatic heterocycles. The predicted octanol–water partition coefficient (Wildman–Crippen LogP) is 2.30. The lowest BCUT2D eigenvalue weighted by molar-refractivity contribution is -0.280. The Hall–Kier alpha value is -1.20. The Morgan fingerprint density at radius 2 is 1.88 bits per heavy atom. The number of hydrogen-bond donors (Lipinski definition) is 3. The minimum absolute atomic E-state index is 0.0922. The molecule has 4 rings (SSSR count). The van der Waals surface area contributed by atoms with Gasteiger partial charge in [0.25, 0.3) is 0 Å². The molecule has 0 unspecified atom stereocenters. The van der Waals surface area contributed by atoms with E-state index in [4.69, 9.17) is 0 Å². The molecule has 4 aliphatic rings. The van der Waals surface area contributed by atoms with Crippen molar-refractivity contribution in [2.45, 2.75) is 70.5 Å². The van der Waals surface area contributed by atoms with Crippen molar-refractivity contribution in [2.24, 2.45) is 28.1 Å². The van der Waals surface area contributed by atoms with E-state index >= 15 is 0 Å². The van der Waals surface area contributed by atoms with Crippen LogP contribution >= 0.6 is 0 Å². The Kier molecular flexibility index (Phi) is 3.27. The Balaban J connectivity index is 1.91. The average molecular weight is 348 g/mol. The van der Waals surface area contributed by atoms with Gasteiger partial charge in [-0.3, -0.25) is 9.59 Å². The van der Waals surface area contributed by atoms with Crippen LogP contribution in [0, 0.1) is 28.1 Å². The molecule has 2 bridgehead atoms. The Morgan fingerprint density at radius 3 is 2.52 bits per heavy atom. The van der Waals surface area contributed by atoms with Gasteiger partial charge in [-0.15, -0.1) is 0 Å². The lowest BCUT2D eigenvalue weighted by Gasteiger charge is -2.67. The highest BCUT2D eigenvalue weighted by Crippen LogP contribution is 2.72. The van der Waals surface area contributed by atoms with Gasteiger partial charge in [-0.2, -0.15) is 0 Å². The minimum atomic E-state index is -1.27. The third-order valence-corrected chi connectivity index (χ3v) is 8.60. The standard InChI is InChI=1S/C20H28O5/c1-11-12-5-8-20(25)18(3)7-4-6-17(2,16(23)24)14(18)13(21)10-19(20,9-12)15(11)22/h12-14,21,25H,1,4-10H2,2-3H3,(H,23,24)/t12-,13+,14+,17+,18+,19+,20+/m1/s1. The number of carbonyl (C=O) groups is 2. The number of ketones is 1. The molecule has 7 atom stereocenters. The molecular weight excluding hydrogens is 320 g/mol. The molecule has 1 spiro atoms. The van der Waals surface area contributed by atoms with Gasteiger partial charge in [0.2, 0.25) is 0 Å². The highest BCUT2D eigenvalue weighted by Gasteiger charge is 2.77. The van der Waals surface area contributed by atoms with Crippen LogP contribution in [0.3, 0.4) is 0 Å². The van der Waals surface area contributed by atoms with Gasteiger partial charge in [-0.25, -0.2) is 0 Å². The van der Waals surface area contributed by atoms with Gasteiger partial charge in [-0.05, 0) is 56.9 Å². The number of aliphatic hydroxyl groups is 2. The molecule has 25 heavy (non-hydrogen) atoms. The number of hydrogen-bond acceptors (Lipinski definition) is 4. The molecule has 3 N–H and O–H groups in total. The number of carboxylic acid groups (broad SMARTS) is 1. The topological polar surface area (TPSA) is 94.8 Å². The van der Waals surface area contributed by atoms with Crippen LogP contribution in [-0.4, -0.2) is 38.8 Å². The second-order valence-electron chi connectivity index (χ2n) is 9.48. The zero-order valence-electron chi connectivity index (χ0n) is 15.0. The van der Waals surface area contributed by atoms with E-state index < -0.39 is 39.8 Å². The van der Waals surface area contributed by atoms with Crippen molar-refractivity contribution < 1.29 is 24.9 Å². The molecule has 4 fully saturated rings. The first kappa shape index (κ1) is 17.2. The first-order chi connectivity index (χ1) is 11.5. The number of carboxylic acids is 1. The summed E-state index contributed by atoms with van der Waals surface area (Å²) < 4.78 is 0. The molecule has 0 heterocycles. The lowest BCUT2D eigenvalue weighted by Crippen LogP contribution is -2.73. The maximum absolute atomic E-state index is 13.1. The van der Waals surface area contributed by atoms with Crippen molar-refractivity contribution in [3.05, 3.63) is 12.2 Å². The van der Waals surface area contributed by atoms with Crippen LogP contribution in [0.25, 0.3) is 0 Å². The summed E-state index contributed by atoms with van der Waals surface area (Å²) in [6.45, 7) is 7.58. The van der Waals surface area contributed by atoms with Crippen LogP contribution < -0.4 is 0 Å². The van der Waals surface area contributed by atoms with Crippen molar-refractivity contribution in [2.75, 3.05) is 0 Å². The summed E-state index contributed by atoms with van der Waals surface area (Å²) >= 11 is 0. The van der Waals surface area contributed by atoms with Gasteiger partial charge < -0.3 is 15.3 Å². The maximum Gasteiger partial charge on any atom is 0.309 e. The number of allylic oxidation sites excluding steroid dienone is 1. The number of aliphatic carboxylic acids is 1. The van der Waals surface area contributed by atoms with Crippen molar-refractivity contribution in [3.63, 3.8) is 0 Å². The van der Waals surface area contributed by atoms with Gasteiger partial charge in [0, 0.05) is 11.3 Å². The van der Waals surface area contributed by atoms with E-state index in [2.05, 4.69) is 6.58 Å². The van der Waals surface area contributed by atoms with Crippen LogP contribution in [0.1, 0.15) is 58.8 Å². The van der Waals surface area contributed by atoms with Crippen LogP contribution in [0.4, 0.5) is 0 Å². The first-order valence-corrected chi connectivity index (χ1v) is 9.41.